The van der Waals surface area contributed by atoms with Gasteiger partial charge in [-0.15, -0.1) is 0 Å². The Kier molecular flexibility index (Phi) is 7.43. The fraction of sp³-hybridized carbons (Fsp3) is 0.273. The second-order valence-corrected chi connectivity index (χ2v) is 9.85. The van der Waals surface area contributed by atoms with Gasteiger partial charge in [-0.05, 0) is 30.3 Å². The third-order valence-corrected chi connectivity index (χ3v) is 5.96. The number of anilines is 6. The molecule has 35 heavy (non-hydrogen) atoms. The van der Waals surface area contributed by atoms with Gasteiger partial charge in [0.1, 0.15) is 16.6 Å². The Labute approximate surface area is 207 Å². The molecule has 0 radical (unpaired) electrons. The summed E-state index contributed by atoms with van der Waals surface area (Å²) in [5, 5.41) is 6.03. The molecule has 0 saturated carbocycles. The van der Waals surface area contributed by atoms with Crippen molar-refractivity contribution < 1.29 is 22.3 Å². The molecule has 3 N–H and O–H groups in total. The van der Waals surface area contributed by atoms with Crippen LogP contribution in [0.1, 0.15) is 0 Å². The zero-order chi connectivity index (χ0) is 25.0. The monoisotopic (exact) mass is 522 g/mol. The zero-order valence-electron chi connectivity index (χ0n) is 19.0. The van der Waals surface area contributed by atoms with Gasteiger partial charge in [0, 0.05) is 24.8 Å². The molecule has 0 unspecified atom stereocenters. The van der Waals surface area contributed by atoms with E-state index in [4.69, 9.17) is 21.1 Å². The number of aromatic nitrogens is 2. The van der Waals surface area contributed by atoms with E-state index in [1.54, 1.807) is 18.2 Å². The van der Waals surface area contributed by atoms with Crippen LogP contribution in [0.4, 0.5) is 38.9 Å². The number of methoxy groups -OCH3 is 1. The molecule has 13 heteroatoms. The van der Waals surface area contributed by atoms with E-state index >= 15 is 0 Å². The number of nitrogens with zero attached hydrogens (tertiary/aromatic N) is 3. The molecule has 2 aromatic carbocycles. The summed E-state index contributed by atoms with van der Waals surface area (Å²) in [6, 6.07) is 9.65. The van der Waals surface area contributed by atoms with Gasteiger partial charge in [0.25, 0.3) is 0 Å². The van der Waals surface area contributed by atoms with E-state index in [1.807, 2.05) is 11.0 Å². The minimum atomic E-state index is -3.57. The topological polar surface area (TPSA) is 118 Å². The number of morpholine rings is 1. The highest BCUT2D eigenvalue weighted by atomic mass is 35.5. The van der Waals surface area contributed by atoms with E-state index in [-0.39, 0.29) is 28.2 Å². The van der Waals surface area contributed by atoms with E-state index in [2.05, 4.69) is 25.3 Å². The second-order valence-electron chi connectivity index (χ2n) is 7.69. The largest absolute Gasteiger partial charge is 0.497 e. The van der Waals surface area contributed by atoms with Gasteiger partial charge in [0.15, 0.2) is 5.82 Å². The first-order chi connectivity index (χ1) is 16.7. The minimum absolute atomic E-state index is 0.0982. The van der Waals surface area contributed by atoms with Crippen molar-refractivity contribution in [3.63, 3.8) is 0 Å². The van der Waals surface area contributed by atoms with E-state index in [0.29, 0.717) is 37.7 Å². The van der Waals surface area contributed by atoms with Crippen LogP contribution in [0.3, 0.4) is 0 Å². The van der Waals surface area contributed by atoms with Crippen LogP contribution in [-0.2, 0) is 14.8 Å². The van der Waals surface area contributed by atoms with Gasteiger partial charge in [-0.25, -0.2) is 17.8 Å². The van der Waals surface area contributed by atoms with Crippen molar-refractivity contribution >= 4 is 56.1 Å². The van der Waals surface area contributed by atoms with Crippen LogP contribution in [-0.4, -0.2) is 58.1 Å². The van der Waals surface area contributed by atoms with Crippen LogP contribution < -0.4 is 25.0 Å². The zero-order valence-corrected chi connectivity index (χ0v) is 20.6. The molecule has 4 rings (SSSR count). The number of halogens is 2. The van der Waals surface area contributed by atoms with Crippen molar-refractivity contribution in [3.8, 4) is 5.75 Å². The van der Waals surface area contributed by atoms with Crippen molar-refractivity contribution in [1.82, 2.24) is 9.97 Å². The number of benzene rings is 2. The van der Waals surface area contributed by atoms with Crippen LogP contribution in [0.2, 0.25) is 5.02 Å². The highest BCUT2D eigenvalue weighted by molar-refractivity contribution is 7.92. The quantitative estimate of drug-likeness (QED) is 0.404. The number of ether oxygens (including phenoxy) is 2. The summed E-state index contributed by atoms with van der Waals surface area (Å²) in [6.45, 7) is 2.60. The molecule has 10 nitrogen and oxygen atoms in total. The third-order valence-electron chi connectivity index (χ3n) is 5.09. The molecule has 0 atom stereocenters. The van der Waals surface area contributed by atoms with Gasteiger partial charge in [-0.1, -0.05) is 11.6 Å². The molecular weight excluding hydrogens is 499 g/mol. The molecule has 1 saturated heterocycles. The van der Waals surface area contributed by atoms with Crippen molar-refractivity contribution in [1.29, 1.82) is 0 Å². The molecule has 1 aliphatic heterocycles. The molecule has 1 aromatic heterocycles. The second kappa shape index (κ2) is 10.5. The lowest BCUT2D eigenvalue weighted by atomic mass is 10.2. The van der Waals surface area contributed by atoms with Crippen LogP contribution in [0.15, 0.2) is 42.6 Å². The summed E-state index contributed by atoms with van der Waals surface area (Å²) in [5.74, 6) is 0.281. The summed E-state index contributed by atoms with van der Waals surface area (Å²) >= 11 is 6.26. The van der Waals surface area contributed by atoms with Gasteiger partial charge in [0.05, 0.1) is 49.8 Å². The molecule has 0 aliphatic carbocycles. The summed E-state index contributed by atoms with van der Waals surface area (Å²) in [6.07, 6.45) is 2.39. The fourth-order valence-electron chi connectivity index (χ4n) is 3.43. The molecule has 1 aliphatic rings. The Morgan fingerprint density at radius 2 is 1.83 bits per heavy atom. The molecule has 0 amide bonds. The first-order valence-electron chi connectivity index (χ1n) is 10.6. The normalized spacial score (nSPS) is 13.9. The molecular formula is C22H24ClFN6O4S. The molecule has 3 aromatic rings. The smallest absolute Gasteiger partial charge is 0.229 e. The standard InChI is InChI=1S/C22H24ClFN6O4S/c1-33-15-4-6-19(20(12-15)29-35(2,31)32)26-21-16(23)13-25-22(28-21)27-18-5-3-14(11-17(18)24)30-7-9-34-10-8-30/h3-6,11-13,29H,7-10H2,1-2H3,(H2,25,26,27,28). The van der Waals surface area contributed by atoms with Crippen LogP contribution in [0.5, 0.6) is 5.75 Å². The SMILES string of the molecule is COc1ccc(Nc2nc(Nc3ccc(N4CCOCC4)cc3F)ncc2Cl)c(NS(C)(=O)=O)c1. The number of hydrogen-bond acceptors (Lipinski definition) is 9. The Bertz CT molecular complexity index is 1320. The van der Waals surface area contributed by atoms with Gasteiger partial charge in [-0.3, -0.25) is 4.72 Å². The average molecular weight is 523 g/mol. The van der Waals surface area contributed by atoms with E-state index in [1.165, 1.54) is 25.4 Å². The van der Waals surface area contributed by atoms with Crippen molar-refractivity contribution in [2.45, 2.75) is 0 Å². The van der Waals surface area contributed by atoms with E-state index < -0.39 is 15.8 Å². The Morgan fingerprint density at radius 1 is 1.09 bits per heavy atom. The molecule has 0 bridgehead atoms. The summed E-state index contributed by atoms with van der Waals surface area (Å²) in [7, 11) is -2.10. The predicted molar refractivity (Wildman–Crippen MR) is 134 cm³/mol. The highest BCUT2D eigenvalue weighted by Crippen LogP contribution is 2.33. The number of sulfonamides is 1. The van der Waals surface area contributed by atoms with Gasteiger partial charge < -0.3 is 25.0 Å². The summed E-state index contributed by atoms with van der Waals surface area (Å²) in [5.41, 5.74) is 1.57. The fourth-order valence-corrected chi connectivity index (χ4v) is 4.14. The summed E-state index contributed by atoms with van der Waals surface area (Å²) in [4.78, 5) is 10.5. The maximum atomic E-state index is 14.8. The number of nitrogens with one attached hydrogen (secondary N) is 3. The van der Waals surface area contributed by atoms with Crippen LogP contribution in [0.25, 0.3) is 0 Å². The average Bonchev–Trinajstić information content (AvgIpc) is 2.83. The van der Waals surface area contributed by atoms with Crippen LogP contribution >= 0.6 is 11.6 Å². The first kappa shape index (κ1) is 24.8. The van der Waals surface area contributed by atoms with Crippen molar-refractivity contribution in [2.24, 2.45) is 0 Å². The van der Waals surface area contributed by atoms with Crippen LogP contribution in [0, 0.1) is 5.82 Å². The summed E-state index contributed by atoms with van der Waals surface area (Å²) < 4.78 is 51.3. The Morgan fingerprint density at radius 3 is 2.51 bits per heavy atom. The van der Waals surface area contributed by atoms with Gasteiger partial charge >= 0.3 is 0 Å². The third kappa shape index (κ3) is 6.41. The van der Waals surface area contributed by atoms with Gasteiger partial charge in [-0.2, -0.15) is 4.98 Å². The molecule has 2 heterocycles. The predicted octanol–water partition coefficient (Wildman–Crippen LogP) is 3.97. The van der Waals surface area contributed by atoms with E-state index in [0.717, 1.165) is 11.9 Å². The van der Waals surface area contributed by atoms with E-state index in [9.17, 15) is 12.8 Å². The Balaban J connectivity index is 1.56. The minimum Gasteiger partial charge on any atom is -0.497 e. The Hall–Kier alpha value is -3.35. The molecule has 1 fully saturated rings. The first-order valence-corrected chi connectivity index (χ1v) is 12.8. The van der Waals surface area contributed by atoms with Crippen molar-refractivity contribution in [2.75, 3.05) is 59.9 Å². The maximum absolute atomic E-state index is 14.8. The maximum Gasteiger partial charge on any atom is 0.229 e. The van der Waals surface area contributed by atoms with Gasteiger partial charge in [0.2, 0.25) is 16.0 Å². The van der Waals surface area contributed by atoms with Crippen molar-refractivity contribution in [3.05, 3.63) is 53.4 Å². The highest BCUT2D eigenvalue weighted by Gasteiger charge is 2.16. The number of rotatable bonds is 8. The lowest BCUT2D eigenvalue weighted by Gasteiger charge is -2.29. The molecule has 186 valence electrons. The molecule has 0 spiro atoms. The lowest BCUT2D eigenvalue weighted by molar-refractivity contribution is 0.122. The lowest BCUT2D eigenvalue weighted by Crippen LogP contribution is -2.36. The number of hydrogen-bond donors (Lipinski definition) is 3.